The fourth-order valence-electron chi connectivity index (χ4n) is 2.87. The summed E-state index contributed by atoms with van der Waals surface area (Å²) in [5.74, 6) is -1.40. The third-order valence-corrected chi connectivity index (χ3v) is 4.59. The molecule has 0 saturated heterocycles. The average Bonchev–Trinajstić information content (AvgIpc) is 3.24. The van der Waals surface area contributed by atoms with Crippen LogP contribution in [0.1, 0.15) is 23.6 Å². The van der Waals surface area contributed by atoms with E-state index >= 15 is 0 Å². The Bertz CT molecular complexity index is 894. The van der Waals surface area contributed by atoms with Crippen molar-refractivity contribution in [2.24, 2.45) is 0 Å². The van der Waals surface area contributed by atoms with Gasteiger partial charge in [-0.15, -0.1) is 5.10 Å². The maximum atomic E-state index is 13.3. The lowest BCUT2D eigenvalue weighted by atomic mass is 10.1. The highest BCUT2D eigenvalue weighted by Crippen LogP contribution is 2.41. The molecule has 4 nitrogen and oxygen atoms in total. The summed E-state index contributed by atoms with van der Waals surface area (Å²) in [6.45, 7) is 0.568. The molecule has 2 aromatic carbocycles. The van der Waals surface area contributed by atoms with E-state index in [1.807, 2.05) is 18.3 Å². The van der Waals surface area contributed by atoms with E-state index in [2.05, 4.69) is 15.6 Å². The van der Waals surface area contributed by atoms with Crippen LogP contribution in [0.15, 0.2) is 48.7 Å². The van der Waals surface area contributed by atoms with E-state index in [-0.39, 0.29) is 12.0 Å². The van der Waals surface area contributed by atoms with Gasteiger partial charge in [0, 0.05) is 23.5 Å². The van der Waals surface area contributed by atoms with Crippen molar-refractivity contribution in [1.29, 1.82) is 0 Å². The molecule has 0 radical (unpaired) electrons. The van der Waals surface area contributed by atoms with Gasteiger partial charge in [-0.05, 0) is 48.4 Å². The van der Waals surface area contributed by atoms with Crippen LogP contribution in [0.5, 0.6) is 0 Å². The van der Waals surface area contributed by atoms with Crippen LogP contribution >= 0.6 is 11.6 Å². The Balaban J connectivity index is 1.35. The van der Waals surface area contributed by atoms with E-state index in [1.165, 1.54) is 12.1 Å². The van der Waals surface area contributed by atoms with Crippen LogP contribution in [0.25, 0.3) is 5.69 Å². The minimum atomic E-state index is -0.812. The first kappa shape index (κ1) is 16.2. The lowest BCUT2D eigenvalue weighted by molar-refractivity contribution is 0.506. The van der Waals surface area contributed by atoms with Gasteiger partial charge in [0.1, 0.15) is 0 Å². The Morgan fingerprint density at radius 1 is 1.12 bits per heavy atom. The number of nitrogens with zero attached hydrogens (tertiary/aromatic N) is 3. The van der Waals surface area contributed by atoms with Crippen molar-refractivity contribution in [3.63, 3.8) is 0 Å². The highest BCUT2D eigenvalue weighted by Gasteiger charge is 2.38. The lowest BCUT2D eigenvalue weighted by Gasteiger charge is -2.03. The first-order chi connectivity index (χ1) is 12.1. The van der Waals surface area contributed by atoms with Gasteiger partial charge in [-0.2, -0.15) is 0 Å². The van der Waals surface area contributed by atoms with Crippen molar-refractivity contribution >= 4 is 11.6 Å². The second-order valence-corrected chi connectivity index (χ2v) is 6.57. The van der Waals surface area contributed by atoms with E-state index in [0.29, 0.717) is 11.6 Å². The molecule has 0 amide bonds. The summed E-state index contributed by atoms with van der Waals surface area (Å²) >= 11 is 5.88. The van der Waals surface area contributed by atoms with Gasteiger partial charge in [0.15, 0.2) is 11.6 Å². The zero-order valence-electron chi connectivity index (χ0n) is 13.2. The molecule has 2 atom stereocenters. The molecule has 1 heterocycles. The molecule has 1 fully saturated rings. The van der Waals surface area contributed by atoms with Gasteiger partial charge in [-0.25, -0.2) is 13.5 Å². The molecule has 1 aliphatic carbocycles. The van der Waals surface area contributed by atoms with Crippen molar-refractivity contribution in [1.82, 2.24) is 20.3 Å². The first-order valence-electron chi connectivity index (χ1n) is 7.95. The van der Waals surface area contributed by atoms with Gasteiger partial charge in [0.25, 0.3) is 0 Å². The first-order valence-corrected chi connectivity index (χ1v) is 8.33. The Kier molecular flexibility index (Phi) is 4.23. The Morgan fingerprint density at radius 3 is 2.68 bits per heavy atom. The molecule has 25 heavy (non-hydrogen) atoms. The van der Waals surface area contributed by atoms with Crippen LogP contribution in [-0.2, 0) is 6.54 Å². The molecule has 0 aliphatic heterocycles. The number of benzene rings is 2. The number of aromatic nitrogens is 3. The number of halogens is 3. The molecule has 0 spiro atoms. The zero-order chi connectivity index (χ0) is 17.4. The molecular weight excluding hydrogens is 346 g/mol. The summed E-state index contributed by atoms with van der Waals surface area (Å²) in [6.07, 6.45) is 2.75. The smallest absolute Gasteiger partial charge is 0.159 e. The number of nitrogens with one attached hydrogen (secondary N) is 1. The molecule has 0 unspecified atom stereocenters. The Labute approximate surface area is 148 Å². The zero-order valence-corrected chi connectivity index (χ0v) is 13.9. The summed E-state index contributed by atoms with van der Waals surface area (Å²) < 4.78 is 28.0. The third-order valence-electron chi connectivity index (χ3n) is 4.34. The second kappa shape index (κ2) is 6.54. The van der Waals surface area contributed by atoms with Gasteiger partial charge in [0.2, 0.25) is 0 Å². The van der Waals surface area contributed by atoms with Gasteiger partial charge in [-0.3, -0.25) is 0 Å². The minimum absolute atomic E-state index is 0.210. The number of hydrogen-bond donors (Lipinski definition) is 1. The highest BCUT2D eigenvalue weighted by molar-refractivity contribution is 6.30. The van der Waals surface area contributed by atoms with E-state index in [0.717, 1.165) is 23.4 Å². The maximum absolute atomic E-state index is 13.3. The normalized spacial score (nSPS) is 19.2. The van der Waals surface area contributed by atoms with E-state index in [9.17, 15) is 8.78 Å². The third kappa shape index (κ3) is 3.55. The molecule has 128 valence electrons. The summed E-state index contributed by atoms with van der Waals surface area (Å²) in [7, 11) is 0. The van der Waals surface area contributed by atoms with E-state index in [1.54, 1.807) is 22.9 Å². The van der Waals surface area contributed by atoms with Crippen molar-refractivity contribution in [2.45, 2.75) is 24.9 Å². The fourth-order valence-corrected chi connectivity index (χ4v) is 2.99. The van der Waals surface area contributed by atoms with Crippen molar-refractivity contribution in [3.05, 3.63) is 76.6 Å². The molecular formula is C18H15ClF2N4. The fraction of sp³-hybridized carbons (Fsp3) is 0.222. The topological polar surface area (TPSA) is 42.7 Å². The molecule has 7 heteroatoms. The molecule has 0 bridgehead atoms. The quantitative estimate of drug-likeness (QED) is 0.751. The minimum Gasteiger partial charge on any atom is -0.308 e. The largest absolute Gasteiger partial charge is 0.308 e. The molecule has 4 rings (SSSR count). The molecule has 1 N–H and O–H groups in total. The molecule has 1 aliphatic rings. The Morgan fingerprint density at radius 2 is 1.92 bits per heavy atom. The number of hydrogen-bond acceptors (Lipinski definition) is 3. The maximum Gasteiger partial charge on any atom is 0.159 e. The van der Waals surface area contributed by atoms with Crippen molar-refractivity contribution in [2.75, 3.05) is 0 Å². The highest BCUT2D eigenvalue weighted by atomic mass is 35.5. The molecule has 3 aromatic rings. The van der Waals surface area contributed by atoms with Gasteiger partial charge < -0.3 is 5.32 Å². The van der Waals surface area contributed by atoms with Crippen LogP contribution in [0.4, 0.5) is 8.78 Å². The number of rotatable bonds is 5. The van der Waals surface area contributed by atoms with Crippen LogP contribution in [0.3, 0.4) is 0 Å². The average molecular weight is 361 g/mol. The SMILES string of the molecule is Fc1ccc([C@@H]2C[C@H]2NCc2cn(-c3ccc(Cl)cc3)nn2)cc1F. The Hall–Kier alpha value is -2.31. The standard InChI is InChI=1S/C18H15ClF2N4/c19-12-2-4-14(5-3-12)25-10-13(23-24-25)9-22-18-8-15(18)11-1-6-16(20)17(21)7-11/h1-7,10,15,18,22H,8-9H2/t15-,18+/m0/s1. The predicted molar refractivity (Wildman–Crippen MR) is 90.7 cm³/mol. The molecule has 1 saturated carbocycles. The second-order valence-electron chi connectivity index (χ2n) is 6.13. The lowest BCUT2D eigenvalue weighted by Crippen LogP contribution is -2.17. The summed E-state index contributed by atoms with van der Waals surface area (Å²) in [5.41, 5.74) is 2.52. The van der Waals surface area contributed by atoms with Gasteiger partial charge in [0.05, 0.1) is 17.6 Å². The van der Waals surface area contributed by atoms with Crippen LogP contribution in [0, 0.1) is 11.6 Å². The van der Waals surface area contributed by atoms with Crippen LogP contribution in [0.2, 0.25) is 5.02 Å². The molecule has 1 aromatic heterocycles. The van der Waals surface area contributed by atoms with Crippen LogP contribution < -0.4 is 5.32 Å². The van der Waals surface area contributed by atoms with Crippen LogP contribution in [-0.4, -0.2) is 21.0 Å². The summed E-state index contributed by atoms with van der Waals surface area (Å²) in [5, 5.41) is 12.3. The van der Waals surface area contributed by atoms with Gasteiger partial charge in [-0.1, -0.05) is 22.9 Å². The summed E-state index contributed by atoms with van der Waals surface area (Å²) in [6, 6.07) is 11.7. The summed E-state index contributed by atoms with van der Waals surface area (Å²) in [4.78, 5) is 0. The predicted octanol–water partition coefficient (Wildman–Crippen LogP) is 3.84. The monoisotopic (exact) mass is 360 g/mol. The van der Waals surface area contributed by atoms with Crippen molar-refractivity contribution in [3.8, 4) is 5.69 Å². The van der Waals surface area contributed by atoms with E-state index in [4.69, 9.17) is 11.6 Å². The van der Waals surface area contributed by atoms with Crippen molar-refractivity contribution < 1.29 is 8.78 Å². The van der Waals surface area contributed by atoms with Gasteiger partial charge >= 0.3 is 0 Å². The van der Waals surface area contributed by atoms with E-state index < -0.39 is 11.6 Å².